The molecule has 150 valence electrons. The molecule has 1 aromatic heterocycles. The van der Waals surface area contributed by atoms with Gasteiger partial charge in [0.25, 0.3) is 0 Å². The van der Waals surface area contributed by atoms with Gasteiger partial charge in [0, 0.05) is 6.07 Å². The van der Waals surface area contributed by atoms with Crippen LogP contribution in [0.3, 0.4) is 0 Å². The highest BCUT2D eigenvalue weighted by molar-refractivity contribution is 5.70. The van der Waals surface area contributed by atoms with E-state index in [1.54, 1.807) is 0 Å². The summed E-state index contributed by atoms with van der Waals surface area (Å²) in [6.45, 7) is 0.384. The lowest BCUT2D eigenvalue weighted by Crippen LogP contribution is -2.09. The van der Waals surface area contributed by atoms with Crippen LogP contribution in [0.5, 0.6) is 11.5 Å². The smallest absolute Gasteiger partial charge is 0.227 e. The molecule has 0 fully saturated rings. The van der Waals surface area contributed by atoms with E-state index in [2.05, 4.69) is 0 Å². The highest BCUT2D eigenvalue weighted by atomic mass is 16.5. The first-order valence-electron chi connectivity index (χ1n) is 9.55. The Balaban J connectivity index is 1.39. The van der Waals surface area contributed by atoms with Crippen molar-refractivity contribution < 1.29 is 13.9 Å². The summed E-state index contributed by atoms with van der Waals surface area (Å²) in [6.07, 6.45) is 1.31. The molecule has 30 heavy (non-hydrogen) atoms. The van der Waals surface area contributed by atoms with Gasteiger partial charge >= 0.3 is 0 Å². The summed E-state index contributed by atoms with van der Waals surface area (Å²) in [5.41, 5.74) is 9.44. The van der Waals surface area contributed by atoms with Crippen molar-refractivity contribution in [2.45, 2.75) is 13.2 Å². The van der Waals surface area contributed by atoms with E-state index in [0.29, 0.717) is 23.8 Å². The number of nitrogens with two attached hydrogens (primary N) is 1. The Morgan fingerprint density at radius 3 is 2.13 bits per heavy atom. The molecule has 2 N–H and O–H groups in total. The number of ether oxygens (including phenoxy) is 2. The van der Waals surface area contributed by atoms with Gasteiger partial charge in [0.15, 0.2) is 0 Å². The zero-order valence-electron chi connectivity index (χ0n) is 16.3. The van der Waals surface area contributed by atoms with E-state index in [1.807, 2.05) is 78.9 Å². The third-order valence-corrected chi connectivity index (χ3v) is 4.58. The molecule has 5 heteroatoms. The van der Waals surface area contributed by atoms with Gasteiger partial charge in [-0.15, -0.1) is 0 Å². The van der Waals surface area contributed by atoms with Crippen molar-refractivity contribution in [2.75, 3.05) is 5.73 Å². The molecule has 0 spiro atoms. The summed E-state index contributed by atoms with van der Waals surface area (Å²) in [7, 11) is 0. The summed E-state index contributed by atoms with van der Waals surface area (Å²) in [5, 5.41) is 0. The Labute approximate surface area is 174 Å². The first kappa shape index (κ1) is 19.3. The molecule has 0 aliphatic carbocycles. The predicted octanol–water partition coefficient (Wildman–Crippen LogP) is 5.05. The van der Waals surface area contributed by atoms with Crippen molar-refractivity contribution in [3.05, 3.63) is 113 Å². The Bertz CT molecular complexity index is 1170. The van der Waals surface area contributed by atoms with Crippen LogP contribution >= 0.6 is 0 Å². The van der Waals surface area contributed by atoms with E-state index >= 15 is 0 Å². The third-order valence-electron chi connectivity index (χ3n) is 4.58. The van der Waals surface area contributed by atoms with Crippen molar-refractivity contribution in [1.82, 2.24) is 0 Å². The highest BCUT2D eigenvalue weighted by Crippen LogP contribution is 2.29. The van der Waals surface area contributed by atoms with Crippen molar-refractivity contribution in [1.29, 1.82) is 0 Å². The minimum Gasteiger partial charge on any atom is -0.483 e. The Hall–Kier alpha value is -3.99. The Morgan fingerprint density at radius 1 is 0.733 bits per heavy atom. The van der Waals surface area contributed by atoms with Crippen LogP contribution in [0, 0.1) is 0 Å². The van der Waals surface area contributed by atoms with Crippen LogP contribution in [0.2, 0.25) is 0 Å². The molecular formula is C25H21NO4. The van der Waals surface area contributed by atoms with Gasteiger partial charge in [-0.1, -0.05) is 66.7 Å². The second-order valence-corrected chi connectivity index (χ2v) is 6.76. The van der Waals surface area contributed by atoms with Gasteiger partial charge in [0.1, 0.15) is 31.0 Å². The maximum Gasteiger partial charge on any atom is 0.227 e. The van der Waals surface area contributed by atoms with Crippen molar-refractivity contribution in [2.24, 2.45) is 0 Å². The summed E-state index contributed by atoms with van der Waals surface area (Å²) in [6, 6.07) is 26.6. The van der Waals surface area contributed by atoms with Gasteiger partial charge in [-0.2, -0.15) is 0 Å². The maximum atomic E-state index is 12.3. The van der Waals surface area contributed by atoms with E-state index in [4.69, 9.17) is 19.6 Å². The molecule has 1 heterocycles. The highest BCUT2D eigenvalue weighted by Gasteiger charge is 2.08. The van der Waals surface area contributed by atoms with Crippen LogP contribution in [-0.2, 0) is 13.2 Å². The molecule has 0 aliphatic rings. The first-order valence-corrected chi connectivity index (χ1v) is 9.55. The molecule has 0 aliphatic heterocycles. The van der Waals surface area contributed by atoms with Crippen molar-refractivity contribution in [3.8, 4) is 22.6 Å². The predicted molar refractivity (Wildman–Crippen MR) is 116 cm³/mol. The molecular weight excluding hydrogens is 378 g/mol. The van der Waals surface area contributed by atoms with E-state index in [-0.39, 0.29) is 17.8 Å². The number of hydrogen-bond acceptors (Lipinski definition) is 5. The van der Waals surface area contributed by atoms with Gasteiger partial charge in [-0.25, -0.2) is 0 Å². The topological polar surface area (TPSA) is 74.7 Å². The maximum absolute atomic E-state index is 12.3. The molecule has 3 aromatic carbocycles. The Morgan fingerprint density at radius 2 is 1.43 bits per heavy atom. The zero-order chi connectivity index (χ0) is 20.8. The van der Waals surface area contributed by atoms with E-state index in [1.165, 1.54) is 12.3 Å². The van der Waals surface area contributed by atoms with Crippen LogP contribution in [-0.4, -0.2) is 0 Å². The first-order chi connectivity index (χ1) is 14.7. The second-order valence-electron chi connectivity index (χ2n) is 6.76. The van der Waals surface area contributed by atoms with Gasteiger partial charge in [-0.05, 0) is 28.8 Å². The summed E-state index contributed by atoms with van der Waals surface area (Å²) in [4.78, 5) is 12.3. The number of rotatable bonds is 7. The fourth-order valence-electron chi connectivity index (χ4n) is 2.99. The largest absolute Gasteiger partial charge is 0.483 e. The lowest BCUT2D eigenvalue weighted by atomic mass is 10.1. The number of benzene rings is 3. The van der Waals surface area contributed by atoms with Crippen LogP contribution < -0.4 is 20.6 Å². The molecule has 0 unspecified atom stereocenters. The van der Waals surface area contributed by atoms with Gasteiger partial charge < -0.3 is 19.6 Å². The molecule has 5 nitrogen and oxygen atoms in total. The summed E-state index contributed by atoms with van der Waals surface area (Å²) < 4.78 is 16.8. The van der Waals surface area contributed by atoms with E-state index < -0.39 is 0 Å². The molecule has 0 radical (unpaired) electrons. The van der Waals surface area contributed by atoms with Crippen LogP contribution in [0.1, 0.15) is 11.3 Å². The van der Waals surface area contributed by atoms with Crippen molar-refractivity contribution in [3.63, 3.8) is 0 Å². The lowest BCUT2D eigenvalue weighted by molar-refractivity contribution is 0.255. The lowest BCUT2D eigenvalue weighted by Gasteiger charge is -2.11. The quantitative estimate of drug-likeness (QED) is 0.440. The minimum atomic E-state index is -0.261. The molecule has 4 aromatic rings. The molecule has 0 atom stereocenters. The van der Waals surface area contributed by atoms with Crippen LogP contribution in [0.15, 0.2) is 100 Å². The van der Waals surface area contributed by atoms with E-state index in [9.17, 15) is 4.79 Å². The molecule has 0 bridgehead atoms. The Kier molecular flexibility index (Phi) is 5.80. The minimum absolute atomic E-state index is 0.0864. The average Bonchev–Trinajstić information content (AvgIpc) is 2.79. The molecule has 0 amide bonds. The monoisotopic (exact) mass is 399 g/mol. The number of nitrogen functional groups attached to an aromatic ring is 1. The van der Waals surface area contributed by atoms with Gasteiger partial charge in [0.05, 0.1) is 5.69 Å². The number of hydrogen-bond donors (Lipinski definition) is 1. The molecule has 4 rings (SSSR count). The third kappa shape index (κ3) is 4.70. The zero-order valence-corrected chi connectivity index (χ0v) is 16.3. The van der Waals surface area contributed by atoms with Crippen LogP contribution in [0.25, 0.3) is 11.1 Å². The molecule has 0 saturated carbocycles. The summed E-state index contributed by atoms with van der Waals surface area (Å²) in [5.74, 6) is 1.08. The SMILES string of the molecule is Nc1cc(-c2ccccc2)ccc1OCc1cc(=O)c(OCc2ccccc2)co1. The van der Waals surface area contributed by atoms with Gasteiger partial charge in [-0.3, -0.25) is 4.79 Å². The average molecular weight is 399 g/mol. The van der Waals surface area contributed by atoms with Crippen LogP contribution in [0.4, 0.5) is 5.69 Å². The van der Waals surface area contributed by atoms with Crippen molar-refractivity contribution >= 4 is 5.69 Å². The van der Waals surface area contributed by atoms with E-state index in [0.717, 1.165) is 16.7 Å². The molecule has 0 saturated heterocycles. The fraction of sp³-hybridized carbons (Fsp3) is 0.0800. The fourth-order valence-corrected chi connectivity index (χ4v) is 2.99. The normalized spacial score (nSPS) is 10.5. The standard InChI is InChI=1S/C25H21NO4/c26-22-13-20(19-9-5-2-6-10-19)11-12-24(22)30-16-21-14-23(27)25(17-28-21)29-15-18-7-3-1-4-8-18/h1-14,17H,15-16,26H2. The second kappa shape index (κ2) is 9.01. The number of anilines is 1. The summed E-state index contributed by atoms with van der Waals surface area (Å²) >= 11 is 0. The van der Waals surface area contributed by atoms with Gasteiger partial charge in [0.2, 0.25) is 11.2 Å².